The second-order valence-corrected chi connectivity index (χ2v) is 4.14. The number of aliphatic hydroxyl groups excluding tert-OH is 1. The van der Waals surface area contributed by atoms with Crippen molar-refractivity contribution in [1.82, 2.24) is 4.90 Å². The molecule has 1 heterocycles. The van der Waals surface area contributed by atoms with Crippen LogP contribution in [0.2, 0.25) is 0 Å². The summed E-state index contributed by atoms with van der Waals surface area (Å²) in [6.07, 6.45) is -0.147. The Bertz CT molecular complexity index is 210. The molecule has 2 unspecified atom stereocenters. The van der Waals surface area contributed by atoms with Gasteiger partial charge in [0.15, 0.2) is 0 Å². The van der Waals surface area contributed by atoms with Gasteiger partial charge in [0.1, 0.15) is 0 Å². The summed E-state index contributed by atoms with van der Waals surface area (Å²) < 4.78 is 5.35. The van der Waals surface area contributed by atoms with Crippen LogP contribution in [-0.2, 0) is 9.53 Å². The van der Waals surface area contributed by atoms with E-state index in [1.54, 1.807) is 0 Å². The van der Waals surface area contributed by atoms with Crippen LogP contribution in [0.3, 0.4) is 0 Å². The molecule has 0 aromatic rings. The van der Waals surface area contributed by atoms with E-state index in [0.717, 1.165) is 13.1 Å². The third-order valence-electron chi connectivity index (χ3n) is 2.51. The molecule has 0 aliphatic carbocycles. The largest absolute Gasteiger partial charge is 0.481 e. The van der Waals surface area contributed by atoms with Gasteiger partial charge in [0.25, 0.3) is 0 Å². The second kappa shape index (κ2) is 6.05. The Balaban J connectivity index is 2.31. The van der Waals surface area contributed by atoms with Crippen molar-refractivity contribution in [2.24, 2.45) is 5.92 Å². The number of aliphatic hydroxyl groups is 1. The third-order valence-corrected chi connectivity index (χ3v) is 2.51. The molecule has 2 atom stereocenters. The van der Waals surface area contributed by atoms with Crippen LogP contribution in [0.5, 0.6) is 0 Å². The van der Waals surface area contributed by atoms with Crippen LogP contribution in [0, 0.1) is 5.92 Å². The molecular weight excluding hydrogens is 198 g/mol. The number of aliphatic carboxylic acids is 1. The van der Waals surface area contributed by atoms with E-state index in [4.69, 9.17) is 14.9 Å². The van der Waals surface area contributed by atoms with Crippen molar-refractivity contribution in [2.75, 3.05) is 32.8 Å². The maximum Gasteiger partial charge on any atom is 0.306 e. The van der Waals surface area contributed by atoms with E-state index < -0.39 is 5.97 Å². The lowest BCUT2D eigenvalue weighted by Gasteiger charge is -2.33. The van der Waals surface area contributed by atoms with Gasteiger partial charge in [-0.1, -0.05) is 6.92 Å². The first-order chi connectivity index (χ1) is 7.11. The summed E-state index contributed by atoms with van der Waals surface area (Å²) in [7, 11) is 0. The van der Waals surface area contributed by atoms with Crippen molar-refractivity contribution < 1.29 is 19.7 Å². The SMILES string of the molecule is CC(CO)CN1CCOC(CC(=O)O)C1. The number of carbonyl (C=O) groups is 1. The zero-order valence-corrected chi connectivity index (χ0v) is 9.06. The highest BCUT2D eigenvalue weighted by Crippen LogP contribution is 2.10. The van der Waals surface area contributed by atoms with E-state index in [0.29, 0.717) is 13.2 Å². The number of hydrogen-bond acceptors (Lipinski definition) is 4. The van der Waals surface area contributed by atoms with Gasteiger partial charge in [-0.3, -0.25) is 9.69 Å². The summed E-state index contributed by atoms with van der Waals surface area (Å²) in [5.41, 5.74) is 0. The minimum absolute atomic E-state index is 0.0595. The first-order valence-electron chi connectivity index (χ1n) is 5.28. The maximum absolute atomic E-state index is 10.5. The fourth-order valence-corrected chi connectivity index (χ4v) is 1.76. The number of hydrogen-bond donors (Lipinski definition) is 2. The highest BCUT2D eigenvalue weighted by molar-refractivity contribution is 5.67. The molecule has 1 fully saturated rings. The fraction of sp³-hybridized carbons (Fsp3) is 0.900. The molecule has 1 saturated heterocycles. The van der Waals surface area contributed by atoms with Crippen molar-refractivity contribution in [3.63, 3.8) is 0 Å². The molecule has 0 amide bonds. The molecule has 15 heavy (non-hydrogen) atoms. The van der Waals surface area contributed by atoms with Crippen molar-refractivity contribution >= 4 is 5.97 Å². The smallest absolute Gasteiger partial charge is 0.306 e. The Hall–Kier alpha value is -0.650. The lowest BCUT2D eigenvalue weighted by molar-refractivity contribution is -0.142. The number of rotatable bonds is 5. The van der Waals surface area contributed by atoms with E-state index in [1.165, 1.54) is 0 Å². The highest BCUT2D eigenvalue weighted by Gasteiger charge is 2.23. The van der Waals surface area contributed by atoms with Gasteiger partial charge in [-0.15, -0.1) is 0 Å². The molecule has 0 saturated carbocycles. The molecule has 1 rings (SSSR count). The predicted molar refractivity (Wildman–Crippen MR) is 54.7 cm³/mol. The summed E-state index contributed by atoms with van der Waals surface area (Å²) in [5, 5.41) is 17.6. The van der Waals surface area contributed by atoms with Crippen LogP contribution >= 0.6 is 0 Å². The Morgan fingerprint density at radius 2 is 2.40 bits per heavy atom. The lowest BCUT2D eigenvalue weighted by atomic mass is 10.1. The number of morpholine rings is 1. The van der Waals surface area contributed by atoms with Crippen LogP contribution in [0.25, 0.3) is 0 Å². The van der Waals surface area contributed by atoms with Crippen LogP contribution in [0.15, 0.2) is 0 Å². The number of nitrogens with zero attached hydrogens (tertiary/aromatic N) is 1. The monoisotopic (exact) mass is 217 g/mol. The average Bonchev–Trinajstić information content (AvgIpc) is 2.17. The highest BCUT2D eigenvalue weighted by atomic mass is 16.5. The Morgan fingerprint density at radius 1 is 1.67 bits per heavy atom. The molecule has 2 N–H and O–H groups in total. The van der Waals surface area contributed by atoms with Gasteiger partial charge >= 0.3 is 5.97 Å². The zero-order chi connectivity index (χ0) is 11.3. The quantitative estimate of drug-likeness (QED) is 0.667. The molecule has 0 aromatic carbocycles. The summed E-state index contributed by atoms with van der Waals surface area (Å²) in [5.74, 6) is -0.592. The molecular formula is C10H19NO4. The summed E-state index contributed by atoms with van der Waals surface area (Å²) in [4.78, 5) is 12.7. The van der Waals surface area contributed by atoms with Gasteiger partial charge in [-0.05, 0) is 5.92 Å². The number of carboxylic acids is 1. The predicted octanol–water partition coefficient (Wildman–Crippen LogP) is -0.210. The maximum atomic E-state index is 10.5. The lowest BCUT2D eigenvalue weighted by Crippen LogP contribution is -2.45. The summed E-state index contributed by atoms with van der Waals surface area (Å²) >= 11 is 0. The van der Waals surface area contributed by atoms with E-state index in [-0.39, 0.29) is 25.0 Å². The van der Waals surface area contributed by atoms with Gasteiger partial charge in [-0.2, -0.15) is 0 Å². The van der Waals surface area contributed by atoms with Gasteiger partial charge < -0.3 is 14.9 Å². The van der Waals surface area contributed by atoms with E-state index in [1.807, 2.05) is 6.92 Å². The van der Waals surface area contributed by atoms with Gasteiger partial charge in [-0.25, -0.2) is 0 Å². The Labute approximate surface area is 89.6 Å². The van der Waals surface area contributed by atoms with Crippen molar-refractivity contribution in [3.05, 3.63) is 0 Å². The summed E-state index contributed by atoms with van der Waals surface area (Å²) in [6.45, 7) is 4.99. The molecule has 1 aliphatic heterocycles. The van der Waals surface area contributed by atoms with Crippen LogP contribution in [0.4, 0.5) is 0 Å². The van der Waals surface area contributed by atoms with E-state index in [9.17, 15) is 4.79 Å². The van der Waals surface area contributed by atoms with Gasteiger partial charge in [0, 0.05) is 26.2 Å². The Kier molecular flexibility index (Phi) is 5.01. The molecule has 5 nitrogen and oxygen atoms in total. The normalized spacial score (nSPS) is 25.1. The van der Waals surface area contributed by atoms with Crippen LogP contribution in [-0.4, -0.2) is 60.0 Å². The average molecular weight is 217 g/mol. The third kappa shape index (κ3) is 4.59. The molecule has 0 aromatic heterocycles. The summed E-state index contributed by atoms with van der Waals surface area (Å²) in [6, 6.07) is 0. The van der Waals surface area contributed by atoms with E-state index >= 15 is 0 Å². The molecule has 88 valence electrons. The molecule has 0 radical (unpaired) electrons. The number of carboxylic acid groups (broad SMARTS) is 1. The molecule has 0 spiro atoms. The van der Waals surface area contributed by atoms with Crippen LogP contribution < -0.4 is 0 Å². The number of ether oxygens (including phenoxy) is 1. The second-order valence-electron chi connectivity index (χ2n) is 4.14. The molecule has 5 heteroatoms. The van der Waals surface area contributed by atoms with Crippen LogP contribution in [0.1, 0.15) is 13.3 Å². The van der Waals surface area contributed by atoms with Crippen molar-refractivity contribution in [2.45, 2.75) is 19.4 Å². The minimum atomic E-state index is -0.822. The Morgan fingerprint density at radius 3 is 3.00 bits per heavy atom. The zero-order valence-electron chi connectivity index (χ0n) is 9.06. The van der Waals surface area contributed by atoms with Crippen molar-refractivity contribution in [1.29, 1.82) is 0 Å². The van der Waals surface area contributed by atoms with Gasteiger partial charge in [0.2, 0.25) is 0 Å². The fourth-order valence-electron chi connectivity index (χ4n) is 1.76. The van der Waals surface area contributed by atoms with Crippen molar-refractivity contribution in [3.8, 4) is 0 Å². The van der Waals surface area contributed by atoms with Gasteiger partial charge in [0.05, 0.1) is 19.1 Å². The first kappa shape index (κ1) is 12.4. The standard InChI is InChI=1S/C10H19NO4/c1-8(7-12)5-11-2-3-15-9(6-11)4-10(13)14/h8-9,12H,2-7H2,1H3,(H,13,14). The van der Waals surface area contributed by atoms with E-state index in [2.05, 4.69) is 4.90 Å². The topological polar surface area (TPSA) is 70.0 Å². The first-order valence-corrected chi connectivity index (χ1v) is 5.28. The molecule has 1 aliphatic rings. The minimum Gasteiger partial charge on any atom is -0.481 e. The molecule has 0 bridgehead atoms.